The van der Waals surface area contributed by atoms with Gasteiger partial charge in [-0.1, -0.05) is 53.5 Å². The number of carboxylic acids is 1. The number of rotatable bonds is 34. The summed E-state index contributed by atoms with van der Waals surface area (Å²) in [6.07, 6.45) is 6.18. The van der Waals surface area contributed by atoms with Gasteiger partial charge < -0.3 is 30.7 Å². The highest BCUT2D eigenvalue weighted by Gasteiger charge is 2.41. The highest BCUT2D eigenvalue weighted by Crippen LogP contribution is 2.54. The molecule has 2 aromatic rings. The lowest BCUT2D eigenvalue weighted by atomic mass is 9.92. The van der Waals surface area contributed by atoms with Gasteiger partial charge in [0.1, 0.15) is 21.4 Å². The third kappa shape index (κ3) is 19.4. The van der Waals surface area contributed by atoms with Gasteiger partial charge >= 0.3 is 20.2 Å². The molecule has 8 atom stereocenters. The number of carboxylic acid groups (broad SMARTS) is 1. The van der Waals surface area contributed by atoms with Crippen molar-refractivity contribution >= 4 is 92.1 Å². The minimum absolute atomic E-state index is 0.0550. The molecule has 3 aliphatic rings. The van der Waals surface area contributed by atoms with Gasteiger partial charge in [0.25, 0.3) is 37.1 Å². The quantitative estimate of drug-likeness (QED) is 0.0216. The highest BCUT2D eigenvalue weighted by molar-refractivity contribution is 7.56. The third-order valence-corrected chi connectivity index (χ3v) is 20.1. The summed E-state index contributed by atoms with van der Waals surface area (Å²) in [6, 6.07) is 1.57. The fourth-order valence-corrected chi connectivity index (χ4v) is 14.0. The molecule has 0 spiro atoms. The molecule has 0 radical (unpaired) electrons. The summed E-state index contributed by atoms with van der Waals surface area (Å²) in [5, 5.41) is 20.3. The number of amides is 8. The van der Waals surface area contributed by atoms with Crippen LogP contribution in [0.15, 0.2) is 47.9 Å². The van der Waals surface area contributed by atoms with Crippen molar-refractivity contribution in [3.63, 3.8) is 0 Å². The molecule has 31 heteroatoms. The van der Waals surface area contributed by atoms with Gasteiger partial charge in [-0.2, -0.15) is 0 Å². The minimum Gasteiger partial charge on any atom is -0.481 e. The number of likely N-dealkylation sites (N-methyl/N-ethyl adjacent to an activating group) is 4. The first-order valence-electron chi connectivity index (χ1n) is 28.7. The van der Waals surface area contributed by atoms with E-state index in [1.165, 1.54) is 72.6 Å². The number of likely N-dealkylation sites (tertiary alicyclic amines) is 1. The average molecular weight is 1280 g/mol. The normalized spacial score (nSPS) is 17.8. The van der Waals surface area contributed by atoms with Crippen LogP contribution in [0.25, 0.3) is 0 Å². The number of ether oxygens (including phenoxy) is 1. The van der Waals surface area contributed by atoms with Gasteiger partial charge in [-0.3, -0.25) is 72.1 Å². The van der Waals surface area contributed by atoms with E-state index >= 15 is 4.57 Å². The number of imide groups is 2. The molecule has 5 N–H and O–H groups in total. The van der Waals surface area contributed by atoms with Crippen LogP contribution < -0.4 is 20.8 Å². The monoisotopic (exact) mass is 1270 g/mol. The molecule has 4 heterocycles. The summed E-state index contributed by atoms with van der Waals surface area (Å²) in [7, 11) is 0.769. The van der Waals surface area contributed by atoms with Crippen LogP contribution in [-0.2, 0) is 68.1 Å². The number of piperidine rings is 1. The largest absolute Gasteiger partial charge is 0.735 e. The Kier molecular flexibility index (Phi) is 26.6. The maximum atomic E-state index is 15.2. The first kappa shape index (κ1) is 71.1. The molecule has 478 valence electrons. The fraction of sp³-hybridized carbons (Fsp3) is 0.589. The lowest BCUT2D eigenvalue weighted by Gasteiger charge is -2.41. The van der Waals surface area contributed by atoms with Crippen molar-refractivity contribution in [2.75, 3.05) is 79.8 Å². The average Bonchev–Trinajstić information content (AvgIpc) is 3.06. The lowest BCUT2D eigenvalue weighted by Crippen LogP contribution is -2.58. The van der Waals surface area contributed by atoms with Crippen molar-refractivity contribution in [2.45, 2.75) is 123 Å². The number of anilines is 1. The molecule has 1 aromatic heterocycles. The van der Waals surface area contributed by atoms with E-state index in [9.17, 15) is 62.5 Å². The van der Waals surface area contributed by atoms with Crippen LogP contribution in [0.2, 0.25) is 0 Å². The van der Waals surface area contributed by atoms with Gasteiger partial charge in [0.2, 0.25) is 17.7 Å². The van der Waals surface area contributed by atoms with E-state index in [2.05, 4.69) is 25.6 Å². The molecule has 1 fully saturated rings. The highest BCUT2D eigenvalue weighted by atomic mass is 32.1. The minimum atomic E-state index is -3.92. The second-order valence-electron chi connectivity index (χ2n) is 22.4. The standard InChI is InChI=1S/C56H81N11O17P2S/c1-12-35(4)51(60-53(75)42-15-13-14-23-61(42)7)55(76)65(11)43(34(2)3)32-45(82-37(6)68)54-59-41(33-87-54)52(74)57-39(29-36(5)56(77)78)30-38-16-17-44(83-84-85(79)80)40(31-38)58-46(69)22-24-62(8)86(81,63(9)25-27-66-47(70)18-19-48(66)71)64(10)26-28-67-49(72)20-21-50(67)73/h16-21,31,33-36,39,42-43,45,51H,12-15,22-30,32H2,1-11H3,(H4-,57,58,60,69,74,75,77,78,79,80)/p+1/t35-,36?,39+,42-,43+,45+,51+/m0/s1. The second kappa shape index (κ2) is 32.5. The summed E-state index contributed by atoms with van der Waals surface area (Å²) >= 11 is 1.04. The molecule has 0 aliphatic carbocycles. The van der Waals surface area contributed by atoms with Crippen LogP contribution in [0.4, 0.5) is 5.69 Å². The molecule has 0 bridgehead atoms. The molecule has 5 rings (SSSR count). The SMILES string of the molecule is CC[C@H](C)[C@@H](NC(=O)[C@@H]1CCCCN1C)C(=O)N(C)[C@H](C[C@@H](OC(C)=O)c1nc(C(=O)N[C@@H](Cc2ccc(OO[P+](=O)O)c(NC(=O)CCN(C)P(=O)(N(C)CCN3C(=O)C=CC3=O)N(C)CCN3C(=O)C=CC3=O)c2)CC(C)C(=O)O)cs1)C(C)C. The summed E-state index contributed by atoms with van der Waals surface area (Å²) in [5.41, 5.74) is 0.228. The summed E-state index contributed by atoms with van der Waals surface area (Å²) in [5.74, 6) is -7.55. The van der Waals surface area contributed by atoms with Crippen LogP contribution in [0.3, 0.4) is 0 Å². The number of carbonyl (C=O) groups is 10. The predicted molar refractivity (Wildman–Crippen MR) is 319 cm³/mol. The molecular formula is C56H82N11O17P2S+. The van der Waals surface area contributed by atoms with E-state index in [0.717, 1.165) is 64.8 Å². The smallest absolute Gasteiger partial charge is 0.481 e. The fourth-order valence-electron chi connectivity index (χ4n) is 10.4. The van der Waals surface area contributed by atoms with Crippen LogP contribution in [0, 0.1) is 17.8 Å². The molecule has 28 nitrogen and oxygen atoms in total. The van der Waals surface area contributed by atoms with Gasteiger partial charge in [-0.05, 0) is 90.0 Å². The van der Waals surface area contributed by atoms with E-state index in [1.54, 1.807) is 11.9 Å². The van der Waals surface area contributed by atoms with Crippen molar-refractivity contribution < 1.29 is 81.4 Å². The zero-order valence-corrected chi connectivity index (χ0v) is 53.6. The van der Waals surface area contributed by atoms with Crippen LogP contribution in [0.1, 0.15) is 114 Å². The Morgan fingerprint density at radius 2 is 1.45 bits per heavy atom. The molecule has 8 amide bonds. The van der Waals surface area contributed by atoms with E-state index in [1.807, 2.05) is 39.6 Å². The van der Waals surface area contributed by atoms with Crippen molar-refractivity contribution in [1.82, 2.24) is 49.2 Å². The van der Waals surface area contributed by atoms with E-state index in [0.29, 0.717) is 18.4 Å². The third-order valence-electron chi connectivity index (χ3n) is 15.7. The van der Waals surface area contributed by atoms with Crippen LogP contribution >= 0.6 is 27.2 Å². The van der Waals surface area contributed by atoms with E-state index < -0.39 is 93.4 Å². The molecular weight excluding hydrogens is 1190 g/mol. The number of aliphatic carboxylic acids is 1. The predicted octanol–water partition coefficient (Wildman–Crippen LogP) is 4.13. The maximum absolute atomic E-state index is 15.2. The van der Waals surface area contributed by atoms with Crippen molar-refractivity contribution in [3.8, 4) is 5.75 Å². The summed E-state index contributed by atoms with van der Waals surface area (Å²) in [6.45, 7) is 10.5. The van der Waals surface area contributed by atoms with Gasteiger partial charge in [-0.15, -0.1) is 16.2 Å². The number of nitrogens with one attached hydrogen (secondary N) is 3. The van der Waals surface area contributed by atoms with E-state index in [-0.39, 0.29) is 110 Å². The zero-order chi connectivity index (χ0) is 64.6. The molecule has 0 saturated carbocycles. The molecule has 2 unspecified atom stereocenters. The Labute approximate surface area is 511 Å². The first-order chi connectivity index (χ1) is 41.0. The van der Waals surface area contributed by atoms with E-state index in [4.69, 9.17) is 9.62 Å². The Morgan fingerprint density at radius 3 is 1.98 bits per heavy atom. The second-order valence-corrected chi connectivity index (χ2v) is 27.0. The molecule has 1 saturated heterocycles. The lowest BCUT2D eigenvalue weighted by molar-refractivity contribution is -0.149. The number of thiazole rings is 1. The molecule has 3 aliphatic heterocycles. The van der Waals surface area contributed by atoms with Gasteiger partial charge in [0, 0.05) is 106 Å². The Bertz CT molecular complexity index is 2910. The molecule has 1 aromatic carbocycles. The number of aromatic nitrogens is 1. The number of hydrogen-bond donors (Lipinski definition) is 5. The molecule has 87 heavy (non-hydrogen) atoms. The number of esters is 1. The Morgan fingerprint density at radius 1 is 0.862 bits per heavy atom. The van der Waals surface area contributed by atoms with Crippen LogP contribution in [0.5, 0.6) is 5.75 Å². The van der Waals surface area contributed by atoms with Crippen molar-refractivity contribution in [1.29, 1.82) is 0 Å². The summed E-state index contributed by atoms with van der Waals surface area (Å²) < 4.78 is 41.3. The van der Waals surface area contributed by atoms with Gasteiger partial charge in [0.15, 0.2) is 11.9 Å². The Balaban J connectivity index is 1.34. The zero-order valence-electron chi connectivity index (χ0n) is 51.0. The van der Waals surface area contributed by atoms with Gasteiger partial charge in [0.05, 0.1) is 17.6 Å². The van der Waals surface area contributed by atoms with Crippen LogP contribution in [-0.4, -0.2) is 206 Å². The van der Waals surface area contributed by atoms with Crippen molar-refractivity contribution in [2.24, 2.45) is 17.8 Å². The number of benzene rings is 1. The first-order valence-corrected chi connectivity index (χ1v) is 32.2. The summed E-state index contributed by atoms with van der Waals surface area (Å²) in [4.78, 5) is 155. The van der Waals surface area contributed by atoms with Gasteiger partial charge in [-0.25, -0.2) is 19.0 Å². The van der Waals surface area contributed by atoms with Crippen molar-refractivity contribution in [3.05, 3.63) is 64.1 Å². The number of hydrogen-bond acceptors (Lipinski definition) is 18. The number of carbonyl (C=O) groups excluding carboxylic acids is 9. The number of nitrogens with zero attached hydrogens (tertiary/aromatic N) is 8. The topological polar surface area (TPSA) is 345 Å². The Hall–Kier alpha value is -6.68. The maximum Gasteiger partial charge on any atom is 0.735 e.